The Morgan fingerprint density at radius 1 is 0.912 bits per heavy atom. The molecule has 0 atom stereocenters. The molecule has 0 unspecified atom stereocenters. The lowest BCUT2D eigenvalue weighted by Gasteiger charge is -2.36. The van der Waals surface area contributed by atoms with Gasteiger partial charge in [0.25, 0.3) is 5.91 Å². The number of ether oxygens (including phenoxy) is 3. The number of rotatable bonds is 11. The zero-order valence-electron chi connectivity index (χ0n) is 36.7. The van der Waals surface area contributed by atoms with Gasteiger partial charge in [0, 0.05) is 90.1 Å². The average Bonchev–Trinajstić information content (AvgIpc) is 3.48. The normalized spacial score (nSPS) is 12.9. The smallest absolute Gasteiger partial charge is 0.490 e. The van der Waals surface area contributed by atoms with Gasteiger partial charge in [0.05, 0.1) is 62.5 Å². The van der Waals surface area contributed by atoms with E-state index in [0.717, 1.165) is 11.3 Å². The second kappa shape index (κ2) is 22.2. The van der Waals surface area contributed by atoms with Gasteiger partial charge < -0.3 is 45.5 Å². The summed E-state index contributed by atoms with van der Waals surface area (Å²) in [5, 5.41) is 13.6. The van der Waals surface area contributed by atoms with Crippen molar-refractivity contribution >= 4 is 58.4 Å². The summed E-state index contributed by atoms with van der Waals surface area (Å²) >= 11 is 6.45. The second-order valence-electron chi connectivity index (χ2n) is 14.7. The van der Waals surface area contributed by atoms with Gasteiger partial charge in [-0.1, -0.05) is 35.6 Å². The highest BCUT2D eigenvalue weighted by atomic mass is 35.5. The number of anilines is 3. The number of aliphatic imine (C=N–C) groups is 1. The number of aromatic nitrogens is 2. The van der Waals surface area contributed by atoms with Crippen molar-refractivity contribution in [2.45, 2.75) is 19.1 Å². The van der Waals surface area contributed by atoms with Gasteiger partial charge in [-0.3, -0.25) is 14.6 Å². The third kappa shape index (κ3) is 11.8. The fraction of sp³-hybridized carbons (Fsp3) is 0.255. The molecule has 68 heavy (non-hydrogen) atoms. The van der Waals surface area contributed by atoms with E-state index in [2.05, 4.69) is 32.4 Å². The van der Waals surface area contributed by atoms with E-state index in [9.17, 15) is 27.6 Å². The van der Waals surface area contributed by atoms with Crippen LogP contribution >= 0.6 is 11.6 Å². The summed E-state index contributed by atoms with van der Waals surface area (Å²) in [6, 6.07) is 20.2. The molecular weight excluding hydrogens is 916 g/mol. The van der Waals surface area contributed by atoms with Crippen LogP contribution in [-0.4, -0.2) is 116 Å². The summed E-state index contributed by atoms with van der Waals surface area (Å²) in [5.41, 5.74) is 11.3. The number of hydrogen-bond donors (Lipinski definition) is 4. The summed E-state index contributed by atoms with van der Waals surface area (Å²) < 4.78 is 63.0. The van der Waals surface area contributed by atoms with Crippen molar-refractivity contribution in [2.75, 3.05) is 70.8 Å². The number of amides is 2. The Morgan fingerprint density at radius 2 is 1.63 bits per heavy atom. The van der Waals surface area contributed by atoms with Crippen LogP contribution in [0.4, 0.5) is 34.9 Å². The van der Waals surface area contributed by atoms with Gasteiger partial charge in [0.2, 0.25) is 11.9 Å². The molecule has 1 saturated heterocycles. The number of carboxylic acid groups (broad SMARTS) is 1. The number of methoxy groups -OCH3 is 3. The first kappa shape index (κ1) is 49.7. The number of halogens is 5. The first-order chi connectivity index (χ1) is 32.6. The van der Waals surface area contributed by atoms with Gasteiger partial charge in [-0.05, 0) is 54.6 Å². The Labute approximate surface area is 392 Å². The van der Waals surface area contributed by atoms with E-state index in [-0.39, 0.29) is 49.0 Å². The number of alkyl halides is 3. The number of piperazine rings is 1. The third-order valence-corrected chi connectivity index (χ3v) is 10.7. The first-order valence-corrected chi connectivity index (χ1v) is 21.0. The predicted molar refractivity (Wildman–Crippen MR) is 244 cm³/mol. The summed E-state index contributed by atoms with van der Waals surface area (Å²) in [6.45, 7) is 2.60. The first-order valence-electron chi connectivity index (χ1n) is 20.6. The summed E-state index contributed by atoms with van der Waals surface area (Å²) in [5.74, 6) is 2.44. The van der Waals surface area contributed by atoms with Crippen molar-refractivity contribution in [3.05, 3.63) is 123 Å². The van der Waals surface area contributed by atoms with Crippen molar-refractivity contribution in [2.24, 2.45) is 10.7 Å². The van der Waals surface area contributed by atoms with Crippen LogP contribution in [0, 0.1) is 17.7 Å². The molecule has 2 aliphatic rings. The van der Waals surface area contributed by atoms with Crippen LogP contribution in [0.3, 0.4) is 0 Å². The van der Waals surface area contributed by atoms with Crippen LogP contribution in [-0.2, 0) is 20.9 Å². The van der Waals surface area contributed by atoms with Crippen LogP contribution in [0.25, 0.3) is 11.3 Å². The average molecular weight is 959 g/mol. The van der Waals surface area contributed by atoms with Crippen molar-refractivity contribution in [1.29, 1.82) is 0 Å². The van der Waals surface area contributed by atoms with Gasteiger partial charge in [-0.15, -0.1) is 0 Å². The minimum absolute atomic E-state index is 0.0804. The number of carboxylic acids is 1. The Hall–Kier alpha value is -7.76. The Kier molecular flexibility index (Phi) is 16.2. The highest BCUT2D eigenvalue weighted by Gasteiger charge is 2.38. The predicted octanol–water partition coefficient (Wildman–Crippen LogP) is 6.25. The highest BCUT2D eigenvalue weighted by Crippen LogP contribution is 2.37. The fourth-order valence-corrected chi connectivity index (χ4v) is 7.38. The Bertz CT molecular complexity index is 2830. The number of nitrogens with zero attached hydrogens (tertiary/aromatic N) is 5. The zero-order chi connectivity index (χ0) is 49.1. The number of carbonyl (C=O) groups excluding carboxylic acids is 3. The zero-order valence-corrected chi connectivity index (χ0v) is 37.4. The van der Waals surface area contributed by atoms with E-state index in [1.165, 1.54) is 27.4 Å². The van der Waals surface area contributed by atoms with E-state index >= 15 is 4.39 Å². The maximum atomic E-state index is 15.3. The van der Waals surface area contributed by atoms with Crippen LogP contribution in [0.15, 0.2) is 84.0 Å². The van der Waals surface area contributed by atoms with Crippen molar-refractivity contribution in [1.82, 2.24) is 20.2 Å². The number of nitrogens with one attached hydrogen (secondary N) is 2. The molecule has 21 heteroatoms. The number of fused-ring (bicyclic) bond motifs is 3. The SMILES string of the molecule is COC(=O)c1ccc(N2CCN(C(=O)CCNC(=O)c3ccc(Nc4ncc5c(n4)-c4ccc(Cl)cc4C(c4c(F)cccc4OC)=NC5)cc3OC)CC2)cc1C#CCN.O=C(O)C(F)(F)F. The lowest BCUT2D eigenvalue weighted by Crippen LogP contribution is -2.49. The summed E-state index contributed by atoms with van der Waals surface area (Å²) in [4.78, 5) is 65.6. The minimum atomic E-state index is -5.08. The van der Waals surface area contributed by atoms with Gasteiger partial charge in [0.15, 0.2) is 0 Å². The molecule has 7 rings (SSSR count). The molecule has 0 bridgehead atoms. The highest BCUT2D eigenvalue weighted by molar-refractivity contribution is 6.31. The molecule has 1 aromatic heterocycles. The molecule has 354 valence electrons. The molecule has 0 radical (unpaired) electrons. The van der Waals surface area contributed by atoms with Crippen LogP contribution in [0.5, 0.6) is 11.5 Å². The molecule has 3 heterocycles. The number of esters is 1. The number of benzene rings is 4. The largest absolute Gasteiger partial charge is 0.496 e. The molecule has 0 spiro atoms. The quantitative estimate of drug-likeness (QED) is 0.0657. The Balaban J connectivity index is 0.00000101. The minimum Gasteiger partial charge on any atom is -0.496 e. The van der Waals surface area contributed by atoms with Crippen LogP contribution < -0.4 is 30.7 Å². The Morgan fingerprint density at radius 3 is 2.31 bits per heavy atom. The summed E-state index contributed by atoms with van der Waals surface area (Å²) in [7, 11) is 4.26. The molecule has 5 N–H and O–H groups in total. The molecule has 2 aliphatic heterocycles. The molecule has 2 amide bonds. The molecule has 5 aromatic rings. The molecule has 1 fully saturated rings. The topological polar surface area (TPSA) is 211 Å². The molecule has 0 saturated carbocycles. The lowest BCUT2D eigenvalue weighted by atomic mass is 9.94. The number of aliphatic carboxylic acids is 1. The maximum Gasteiger partial charge on any atom is 0.490 e. The number of nitrogens with two attached hydrogens (primary N) is 1. The van der Waals surface area contributed by atoms with Crippen molar-refractivity contribution in [3.8, 4) is 34.6 Å². The lowest BCUT2D eigenvalue weighted by molar-refractivity contribution is -0.192. The monoisotopic (exact) mass is 958 g/mol. The summed E-state index contributed by atoms with van der Waals surface area (Å²) in [6.07, 6.45) is -3.30. The van der Waals surface area contributed by atoms with Gasteiger partial charge in [0.1, 0.15) is 17.3 Å². The van der Waals surface area contributed by atoms with E-state index in [1.54, 1.807) is 59.6 Å². The van der Waals surface area contributed by atoms with E-state index in [1.807, 2.05) is 18.2 Å². The molecular formula is C47H43ClF4N8O8. The van der Waals surface area contributed by atoms with Gasteiger partial charge in [-0.25, -0.2) is 23.9 Å². The fourth-order valence-electron chi connectivity index (χ4n) is 7.20. The maximum absolute atomic E-state index is 15.3. The molecule has 4 aromatic carbocycles. The number of hydrogen-bond acceptors (Lipinski definition) is 13. The van der Waals surface area contributed by atoms with Crippen LogP contribution in [0.1, 0.15) is 49.4 Å². The van der Waals surface area contributed by atoms with Crippen molar-refractivity contribution < 1.29 is 56.1 Å². The van der Waals surface area contributed by atoms with Crippen molar-refractivity contribution in [3.63, 3.8) is 0 Å². The molecule has 16 nitrogen and oxygen atoms in total. The van der Waals surface area contributed by atoms with E-state index < -0.39 is 29.8 Å². The van der Waals surface area contributed by atoms with E-state index in [4.69, 9.17) is 51.4 Å². The second-order valence-corrected chi connectivity index (χ2v) is 15.1. The van der Waals surface area contributed by atoms with E-state index in [0.29, 0.717) is 82.0 Å². The van der Waals surface area contributed by atoms with Crippen LogP contribution in [0.2, 0.25) is 5.02 Å². The van der Waals surface area contributed by atoms with Gasteiger partial charge in [-0.2, -0.15) is 13.2 Å². The van der Waals surface area contributed by atoms with Gasteiger partial charge >= 0.3 is 18.1 Å². The number of carbonyl (C=O) groups is 4. The molecule has 0 aliphatic carbocycles. The standard InChI is InChI=1S/C45H42ClFN8O6.C2HF3O2/c1-59-37-8-4-7-36(47)40(37)42-35-23-29(46)9-12-33(35)41-28(25-50-42)26-51-45(53-41)52-30-10-13-34(38(24-30)60-2)43(57)49-17-15-39(56)55-20-18-54(19-21-55)31-11-14-32(44(58)61-3)27(22-31)6-5-16-48;3-2(4,5)1(6)7/h4,7-14,22-24,26H,15-21,25,48H2,1-3H3,(H,49,57)(H,51,52,53);(H,6,7). The third-order valence-electron chi connectivity index (χ3n) is 10.5.